The lowest BCUT2D eigenvalue weighted by molar-refractivity contribution is 0.0734. The molecule has 1 aliphatic rings. The highest BCUT2D eigenvalue weighted by Gasteiger charge is 2.36. The van der Waals surface area contributed by atoms with E-state index in [-0.39, 0.29) is 39.4 Å². The lowest BCUT2D eigenvalue weighted by Gasteiger charge is -2.14. The first-order valence-corrected chi connectivity index (χ1v) is 12.9. The van der Waals surface area contributed by atoms with Crippen molar-refractivity contribution < 1.29 is 28.3 Å². The maximum Gasteiger partial charge on any atom is 0.343 e. The summed E-state index contributed by atoms with van der Waals surface area (Å²) in [4.78, 5) is 52.4. The predicted molar refractivity (Wildman–Crippen MR) is 152 cm³/mol. The van der Waals surface area contributed by atoms with Crippen LogP contribution in [-0.4, -0.2) is 17.8 Å². The van der Waals surface area contributed by atoms with Crippen molar-refractivity contribution >= 4 is 34.4 Å². The van der Waals surface area contributed by atoms with Gasteiger partial charge in [-0.3, -0.25) is 14.4 Å². The average Bonchev–Trinajstić information content (AvgIpc) is 3.24. The van der Waals surface area contributed by atoms with Crippen molar-refractivity contribution in [1.82, 2.24) is 0 Å². The number of anilines is 1. The number of hydrogen-bond acceptors (Lipinski definition) is 7. The van der Waals surface area contributed by atoms with Gasteiger partial charge in [-0.05, 0) is 66.1 Å². The lowest BCUT2D eigenvalue weighted by Crippen LogP contribution is -2.29. The zero-order valence-electron chi connectivity index (χ0n) is 22.1. The van der Waals surface area contributed by atoms with Gasteiger partial charge >= 0.3 is 5.97 Å². The third-order valence-electron chi connectivity index (χ3n) is 6.84. The van der Waals surface area contributed by atoms with Gasteiger partial charge in [0, 0.05) is 6.07 Å². The number of nitrogens with zero attached hydrogens (tertiary/aromatic N) is 1. The number of rotatable bonds is 6. The summed E-state index contributed by atoms with van der Waals surface area (Å²) in [6.07, 6.45) is 1.24. The van der Waals surface area contributed by atoms with Crippen LogP contribution in [-0.2, 0) is 0 Å². The number of imide groups is 1. The SMILES string of the molecule is CC(C)c1ccccc1Oc1coc2cc(OC(=O)c3ccc(N4C(=O)c5ccccc5C4=O)cc3)ccc2c1=O. The molecule has 8 nitrogen and oxygen atoms in total. The van der Waals surface area contributed by atoms with Crippen LogP contribution in [0.3, 0.4) is 0 Å². The lowest BCUT2D eigenvalue weighted by atomic mass is 10.0. The number of carbonyl (C=O) groups excluding carboxylic acids is 3. The molecule has 5 aromatic rings. The van der Waals surface area contributed by atoms with Crippen LogP contribution in [0.5, 0.6) is 17.2 Å². The Hall–Kier alpha value is -5.50. The largest absolute Gasteiger partial charge is 0.460 e. The van der Waals surface area contributed by atoms with Crippen molar-refractivity contribution in [3.05, 3.63) is 130 Å². The summed E-state index contributed by atoms with van der Waals surface area (Å²) in [7, 11) is 0. The maximum absolute atomic E-state index is 13.1. The summed E-state index contributed by atoms with van der Waals surface area (Å²) >= 11 is 0. The molecule has 41 heavy (non-hydrogen) atoms. The van der Waals surface area contributed by atoms with E-state index in [1.165, 1.54) is 48.7 Å². The first-order valence-electron chi connectivity index (χ1n) is 12.9. The number of ether oxygens (including phenoxy) is 2. The summed E-state index contributed by atoms with van der Waals surface area (Å²) < 4.78 is 17.1. The van der Waals surface area contributed by atoms with E-state index < -0.39 is 17.8 Å². The van der Waals surface area contributed by atoms with Crippen LogP contribution in [0.4, 0.5) is 5.69 Å². The van der Waals surface area contributed by atoms with E-state index in [1.807, 2.05) is 32.0 Å². The zero-order valence-corrected chi connectivity index (χ0v) is 22.1. The highest BCUT2D eigenvalue weighted by molar-refractivity contribution is 6.34. The highest BCUT2D eigenvalue weighted by Crippen LogP contribution is 2.31. The van der Waals surface area contributed by atoms with E-state index in [9.17, 15) is 19.2 Å². The second-order valence-corrected chi connectivity index (χ2v) is 9.81. The van der Waals surface area contributed by atoms with Crippen molar-refractivity contribution in [1.29, 1.82) is 0 Å². The molecule has 0 saturated carbocycles. The van der Waals surface area contributed by atoms with Gasteiger partial charge in [-0.25, -0.2) is 9.69 Å². The zero-order chi connectivity index (χ0) is 28.7. The third-order valence-corrected chi connectivity index (χ3v) is 6.84. The third kappa shape index (κ3) is 4.65. The van der Waals surface area contributed by atoms with Crippen molar-refractivity contribution in [2.75, 3.05) is 4.90 Å². The van der Waals surface area contributed by atoms with Gasteiger partial charge in [0.25, 0.3) is 11.8 Å². The molecule has 1 aliphatic heterocycles. The van der Waals surface area contributed by atoms with Crippen LogP contribution in [0.1, 0.15) is 56.4 Å². The van der Waals surface area contributed by atoms with Crippen LogP contribution in [0.15, 0.2) is 106 Å². The second-order valence-electron chi connectivity index (χ2n) is 9.81. The Labute approximate surface area is 234 Å². The minimum Gasteiger partial charge on any atom is -0.460 e. The van der Waals surface area contributed by atoms with Crippen LogP contribution < -0.4 is 19.8 Å². The molecule has 0 atom stereocenters. The van der Waals surface area contributed by atoms with E-state index in [4.69, 9.17) is 13.9 Å². The molecule has 1 aromatic heterocycles. The fourth-order valence-electron chi connectivity index (χ4n) is 4.73. The molecule has 0 spiro atoms. The van der Waals surface area contributed by atoms with Crippen LogP contribution in [0, 0.1) is 0 Å². The average molecular weight is 546 g/mol. The number of para-hydroxylation sites is 1. The number of hydrogen-bond donors (Lipinski definition) is 0. The Morgan fingerprint density at radius 2 is 1.44 bits per heavy atom. The molecule has 0 aliphatic carbocycles. The van der Waals surface area contributed by atoms with Gasteiger partial charge in [0.15, 0.2) is 0 Å². The van der Waals surface area contributed by atoms with Crippen molar-refractivity contribution in [3.8, 4) is 17.2 Å². The molecule has 0 saturated heterocycles. The molecular weight excluding hydrogens is 522 g/mol. The van der Waals surface area contributed by atoms with Gasteiger partial charge < -0.3 is 13.9 Å². The highest BCUT2D eigenvalue weighted by atomic mass is 16.5. The van der Waals surface area contributed by atoms with E-state index in [2.05, 4.69) is 0 Å². The van der Waals surface area contributed by atoms with Crippen molar-refractivity contribution in [2.24, 2.45) is 0 Å². The molecule has 4 aromatic carbocycles. The van der Waals surface area contributed by atoms with Crippen molar-refractivity contribution in [3.63, 3.8) is 0 Å². The van der Waals surface area contributed by atoms with Crippen molar-refractivity contribution in [2.45, 2.75) is 19.8 Å². The molecule has 202 valence electrons. The molecule has 0 bridgehead atoms. The fourth-order valence-corrected chi connectivity index (χ4v) is 4.73. The number of amides is 2. The van der Waals surface area contributed by atoms with Gasteiger partial charge in [0.2, 0.25) is 11.2 Å². The van der Waals surface area contributed by atoms with Gasteiger partial charge in [0.1, 0.15) is 23.3 Å². The fraction of sp³-hybridized carbons (Fsp3) is 0.0909. The number of benzene rings is 4. The molecule has 0 radical (unpaired) electrons. The Morgan fingerprint density at radius 1 is 0.780 bits per heavy atom. The molecule has 8 heteroatoms. The Balaban J connectivity index is 1.19. The summed E-state index contributed by atoms with van der Waals surface area (Å²) in [6, 6.07) is 24.5. The molecular formula is C33H23NO7. The minimum absolute atomic E-state index is 0.0495. The smallest absolute Gasteiger partial charge is 0.343 e. The Morgan fingerprint density at radius 3 is 2.12 bits per heavy atom. The predicted octanol–water partition coefficient (Wildman–Crippen LogP) is 6.73. The number of fused-ring (bicyclic) bond motifs is 2. The first-order chi connectivity index (χ1) is 19.8. The molecule has 6 rings (SSSR count). The second kappa shape index (κ2) is 10.2. The van der Waals surface area contributed by atoms with E-state index in [1.54, 1.807) is 30.3 Å². The molecule has 2 heterocycles. The van der Waals surface area contributed by atoms with Gasteiger partial charge in [-0.2, -0.15) is 0 Å². The molecule has 0 unspecified atom stereocenters. The maximum atomic E-state index is 13.1. The van der Waals surface area contributed by atoms with Crippen LogP contribution in [0.2, 0.25) is 0 Å². The molecule has 2 amide bonds. The van der Waals surface area contributed by atoms with Gasteiger partial charge in [0.05, 0.1) is 27.8 Å². The molecule has 0 N–H and O–H groups in total. The number of carbonyl (C=O) groups is 3. The van der Waals surface area contributed by atoms with E-state index in [0.29, 0.717) is 22.6 Å². The molecule has 0 fully saturated rings. The quantitative estimate of drug-likeness (QED) is 0.132. The van der Waals surface area contributed by atoms with Gasteiger partial charge in [-0.15, -0.1) is 0 Å². The van der Waals surface area contributed by atoms with Gasteiger partial charge in [-0.1, -0.05) is 44.2 Å². The summed E-state index contributed by atoms with van der Waals surface area (Å²) in [5, 5.41) is 0.273. The minimum atomic E-state index is -0.661. The van der Waals surface area contributed by atoms with Crippen LogP contribution in [0.25, 0.3) is 11.0 Å². The van der Waals surface area contributed by atoms with E-state index >= 15 is 0 Å². The topological polar surface area (TPSA) is 103 Å². The first kappa shape index (κ1) is 25.8. The Kier molecular flexibility index (Phi) is 6.43. The summed E-state index contributed by atoms with van der Waals surface area (Å²) in [5.74, 6) is -0.496. The standard InChI is InChI=1S/C33H23NO7/c1-19(2)23-7-5-6-10-27(23)41-29-18-39-28-17-22(15-16-26(28)30(29)35)40-33(38)20-11-13-21(14-12-20)34-31(36)24-8-3-4-9-25(24)32(34)37/h3-19H,1-2H3. The summed E-state index contributed by atoms with van der Waals surface area (Å²) in [6.45, 7) is 4.08. The normalized spacial score (nSPS) is 12.6. The summed E-state index contributed by atoms with van der Waals surface area (Å²) in [5.41, 5.74) is 2.06. The monoisotopic (exact) mass is 545 g/mol. The Bertz CT molecular complexity index is 1870. The van der Waals surface area contributed by atoms with E-state index in [0.717, 1.165) is 10.5 Å². The number of esters is 1. The van der Waals surface area contributed by atoms with Crippen LogP contribution >= 0.6 is 0 Å².